The molecule has 1 amide bonds. The summed E-state index contributed by atoms with van der Waals surface area (Å²) in [6, 6.07) is 2.58. The molecule has 0 spiro atoms. The van der Waals surface area contributed by atoms with Crippen LogP contribution >= 0.6 is 0 Å². The monoisotopic (exact) mass is 286 g/mol. The zero-order valence-electron chi connectivity index (χ0n) is 10.4. The van der Waals surface area contributed by atoms with Gasteiger partial charge < -0.3 is 4.90 Å². The predicted molar refractivity (Wildman–Crippen MR) is 67.2 cm³/mol. The molecule has 1 aliphatic rings. The van der Waals surface area contributed by atoms with Gasteiger partial charge in [-0.3, -0.25) is 9.59 Å². The van der Waals surface area contributed by atoms with E-state index in [1.165, 1.54) is 21.3 Å². The van der Waals surface area contributed by atoms with Gasteiger partial charge in [0.15, 0.2) is 0 Å². The van der Waals surface area contributed by atoms with Crippen LogP contribution in [0.25, 0.3) is 0 Å². The second-order valence-corrected chi connectivity index (χ2v) is 6.24. The third-order valence-electron chi connectivity index (χ3n) is 2.89. The molecule has 0 atom stereocenters. The summed E-state index contributed by atoms with van der Waals surface area (Å²) in [4.78, 5) is 24.4. The van der Waals surface area contributed by atoms with Crippen molar-refractivity contribution in [3.05, 3.63) is 28.2 Å². The highest BCUT2D eigenvalue weighted by atomic mass is 32.2. The molecule has 0 bridgehead atoms. The summed E-state index contributed by atoms with van der Waals surface area (Å²) in [5.74, 6) is -0.315. The van der Waals surface area contributed by atoms with Crippen molar-refractivity contribution < 1.29 is 13.2 Å². The van der Waals surface area contributed by atoms with Gasteiger partial charge >= 0.3 is 0 Å². The van der Waals surface area contributed by atoms with E-state index in [0.717, 1.165) is 6.26 Å². The Hall–Kier alpha value is -1.74. The van der Waals surface area contributed by atoms with Crippen molar-refractivity contribution in [1.29, 1.82) is 0 Å². The number of carbonyl (C=O) groups excluding carboxylic acids is 1. The summed E-state index contributed by atoms with van der Waals surface area (Å²) in [5, 5.41) is 5.85. The Bertz CT molecular complexity index is 611. The van der Waals surface area contributed by atoms with Gasteiger partial charge in [0.05, 0.1) is 6.26 Å². The molecule has 1 aromatic rings. The Morgan fingerprint density at radius 2 is 1.89 bits per heavy atom. The van der Waals surface area contributed by atoms with Crippen LogP contribution in [0, 0.1) is 0 Å². The summed E-state index contributed by atoms with van der Waals surface area (Å²) in [6.07, 6.45) is 1.15. The van der Waals surface area contributed by atoms with Crippen LogP contribution in [-0.2, 0) is 10.0 Å². The van der Waals surface area contributed by atoms with Crippen LogP contribution in [0.3, 0.4) is 0 Å². The molecule has 104 valence electrons. The first kappa shape index (κ1) is 13.7. The molecule has 0 aromatic carbocycles. The van der Waals surface area contributed by atoms with E-state index < -0.39 is 10.0 Å². The van der Waals surface area contributed by atoms with Gasteiger partial charge in [0.2, 0.25) is 10.0 Å². The fourth-order valence-electron chi connectivity index (χ4n) is 1.85. The molecule has 19 heavy (non-hydrogen) atoms. The topological polar surface area (TPSA) is 103 Å². The minimum absolute atomic E-state index is 0.146. The van der Waals surface area contributed by atoms with Gasteiger partial charge in [-0.15, -0.1) is 0 Å². The summed E-state index contributed by atoms with van der Waals surface area (Å²) in [7, 11) is -3.21. The zero-order chi connectivity index (χ0) is 14.0. The fraction of sp³-hybridized carbons (Fsp3) is 0.500. The number of amides is 1. The lowest BCUT2D eigenvalue weighted by atomic mass is 10.3. The highest BCUT2D eigenvalue weighted by Crippen LogP contribution is 2.08. The van der Waals surface area contributed by atoms with Crippen molar-refractivity contribution in [2.75, 3.05) is 32.4 Å². The van der Waals surface area contributed by atoms with E-state index in [1.807, 2.05) is 0 Å². The Morgan fingerprint density at radius 3 is 2.37 bits per heavy atom. The van der Waals surface area contributed by atoms with Gasteiger partial charge in [-0.2, -0.15) is 9.40 Å². The molecule has 1 N–H and O–H groups in total. The maximum absolute atomic E-state index is 12.0. The average Bonchev–Trinajstić information content (AvgIpc) is 2.38. The Labute approximate surface area is 110 Å². The Morgan fingerprint density at radius 1 is 1.26 bits per heavy atom. The highest BCUT2D eigenvalue weighted by Gasteiger charge is 2.27. The molecular weight excluding hydrogens is 272 g/mol. The number of piperazine rings is 1. The van der Waals surface area contributed by atoms with E-state index in [0.29, 0.717) is 13.1 Å². The molecule has 0 radical (unpaired) electrons. The number of nitrogens with zero attached hydrogens (tertiary/aromatic N) is 3. The van der Waals surface area contributed by atoms with E-state index in [-0.39, 0.29) is 30.2 Å². The molecular formula is C10H14N4O4S. The second kappa shape index (κ2) is 5.10. The van der Waals surface area contributed by atoms with E-state index >= 15 is 0 Å². The molecule has 1 saturated heterocycles. The summed E-state index contributed by atoms with van der Waals surface area (Å²) in [5.41, 5.74) is -0.231. The van der Waals surface area contributed by atoms with Crippen molar-refractivity contribution in [2.45, 2.75) is 0 Å². The van der Waals surface area contributed by atoms with E-state index in [4.69, 9.17) is 0 Å². The van der Waals surface area contributed by atoms with Crippen molar-refractivity contribution in [3.63, 3.8) is 0 Å². The number of aromatic nitrogens is 2. The third kappa shape index (κ3) is 3.18. The van der Waals surface area contributed by atoms with Crippen LogP contribution < -0.4 is 5.56 Å². The van der Waals surface area contributed by atoms with Crippen molar-refractivity contribution >= 4 is 15.9 Å². The SMILES string of the molecule is CS(=O)(=O)N1CCN(C(=O)c2ccc(=O)[nH]n2)CC1. The summed E-state index contributed by atoms with van der Waals surface area (Å²) in [6.45, 7) is 1.17. The Balaban J connectivity index is 2.04. The number of carbonyl (C=O) groups is 1. The summed E-state index contributed by atoms with van der Waals surface area (Å²) >= 11 is 0. The maximum Gasteiger partial charge on any atom is 0.274 e. The van der Waals surface area contributed by atoms with Gasteiger partial charge in [0.1, 0.15) is 5.69 Å². The van der Waals surface area contributed by atoms with Gasteiger partial charge in [0.25, 0.3) is 11.5 Å². The van der Waals surface area contributed by atoms with Crippen LogP contribution in [0.4, 0.5) is 0 Å². The first-order chi connectivity index (χ1) is 8.88. The standard InChI is InChI=1S/C10H14N4O4S/c1-19(17,18)14-6-4-13(5-7-14)10(16)8-2-3-9(15)12-11-8/h2-3H,4-7H2,1H3,(H,12,15). The summed E-state index contributed by atoms with van der Waals surface area (Å²) < 4.78 is 24.0. The lowest BCUT2D eigenvalue weighted by Crippen LogP contribution is -2.50. The maximum atomic E-state index is 12.0. The highest BCUT2D eigenvalue weighted by molar-refractivity contribution is 7.88. The Kier molecular flexibility index (Phi) is 3.67. The second-order valence-electron chi connectivity index (χ2n) is 4.26. The number of sulfonamides is 1. The smallest absolute Gasteiger partial charge is 0.274 e. The fourth-order valence-corrected chi connectivity index (χ4v) is 2.68. The lowest BCUT2D eigenvalue weighted by Gasteiger charge is -2.32. The van der Waals surface area contributed by atoms with Crippen LogP contribution in [0.1, 0.15) is 10.5 Å². The van der Waals surface area contributed by atoms with Crippen LogP contribution in [0.15, 0.2) is 16.9 Å². The molecule has 0 aliphatic carbocycles. The number of hydrogen-bond donors (Lipinski definition) is 1. The van der Waals surface area contributed by atoms with Crippen LogP contribution in [0.2, 0.25) is 0 Å². The number of aromatic amines is 1. The number of nitrogens with one attached hydrogen (secondary N) is 1. The van der Waals surface area contributed by atoms with Crippen LogP contribution in [-0.4, -0.2) is 66.2 Å². The normalized spacial score (nSPS) is 17.4. The molecule has 9 heteroatoms. The first-order valence-corrected chi connectivity index (χ1v) is 7.53. The minimum atomic E-state index is -3.21. The molecule has 2 heterocycles. The van der Waals surface area contributed by atoms with Crippen molar-refractivity contribution in [2.24, 2.45) is 0 Å². The minimum Gasteiger partial charge on any atom is -0.335 e. The van der Waals surface area contributed by atoms with Gasteiger partial charge in [0, 0.05) is 32.2 Å². The number of rotatable bonds is 2. The van der Waals surface area contributed by atoms with Crippen molar-refractivity contribution in [1.82, 2.24) is 19.4 Å². The number of hydrogen-bond acceptors (Lipinski definition) is 5. The predicted octanol–water partition coefficient (Wildman–Crippen LogP) is -1.51. The molecule has 1 aliphatic heterocycles. The molecule has 1 fully saturated rings. The largest absolute Gasteiger partial charge is 0.335 e. The zero-order valence-corrected chi connectivity index (χ0v) is 11.2. The van der Waals surface area contributed by atoms with Crippen LogP contribution in [0.5, 0.6) is 0 Å². The third-order valence-corrected chi connectivity index (χ3v) is 4.20. The lowest BCUT2D eigenvalue weighted by molar-refractivity contribution is 0.0691. The van der Waals surface area contributed by atoms with Gasteiger partial charge in [-0.25, -0.2) is 13.5 Å². The van der Waals surface area contributed by atoms with E-state index in [1.54, 1.807) is 0 Å². The average molecular weight is 286 g/mol. The van der Waals surface area contributed by atoms with Gasteiger partial charge in [-0.05, 0) is 6.07 Å². The first-order valence-electron chi connectivity index (χ1n) is 5.68. The molecule has 1 aromatic heterocycles. The van der Waals surface area contributed by atoms with Gasteiger partial charge in [-0.1, -0.05) is 0 Å². The van der Waals surface area contributed by atoms with E-state index in [9.17, 15) is 18.0 Å². The molecule has 2 rings (SSSR count). The van der Waals surface area contributed by atoms with E-state index in [2.05, 4.69) is 10.2 Å². The molecule has 0 unspecified atom stereocenters. The quantitative estimate of drug-likeness (QED) is 0.711. The number of H-pyrrole nitrogens is 1. The molecule has 8 nitrogen and oxygen atoms in total. The molecule has 0 saturated carbocycles. The van der Waals surface area contributed by atoms with Crippen molar-refractivity contribution in [3.8, 4) is 0 Å².